The lowest BCUT2D eigenvalue weighted by Crippen LogP contribution is -2.32. The smallest absolute Gasteiger partial charge is 0.0618 e. The zero-order valence-electron chi connectivity index (χ0n) is 36.0. The van der Waals surface area contributed by atoms with E-state index in [2.05, 4.69) is 219 Å². The van der Waals surface area contributed by atoms with Crippen molar-refractivity contribution < 1.29 is 0 Å². The molecule has 1 spiro atoms. The average molecular weight is 808 g/mol. The van der Waals surface area contributed by atoms with Gasteiger partial charge < -0.3 is 4.90 Å². The van der Waals surface area contributed by atoms with Gasteiger partial charge in [-0.05, 0) is 133 Å². The second-order valence-electron chi connectivity index (χ2n) is 19.2. The molecule has 0 heterocycles. The van der Waals surface area contributed by atoms with Crippen LogP contribution in [0.4, 0.5) is 17.1 Å². The Bertz CT molecular complexity index is 3280. The maximum Gasteiger partial charge on any atom is 0.0618 e. The van der Waals surface area contributed by atoms with Gasteiger partial charge in [-0.3, -0.25) is 0 Å². The molecule has 63 heavy (non-hydrogen) atoms. The van der Waals surface area contributed by atoms with Crippen molar-refractivity contribution in [3.05, 3.63) is 222 Å². The fourth-order valence-electron chi connectivity index (χ4n) is 13.1. The van der Waals surface area contributed by atoms with Crippen molar-refractivity contribution in [1.82, 2.24) is 0 Å². The van der Waals surface area contributed by atoms with Crippen LogP contribution < -0.4 is 4.90 Å². The summed E-state index contributed by atoms with van der Waals surface area (Å²) >= 11 is 0. The quantitative estimate of drug-likeness (QED) is 0.162. The molecule has 0 N–H and O–H groups in total. The highest BCUT2D eigenvalue weighted by molar-refractivity contribution is 6.06. The van der Waals surface area contributed by atoms with E-state index in [9.17, 15) is 0 Å². The standard InChI is InChI=1S/C62H49N/c1-61(2)56-25-12-10-22-52(56)55-24-14-23-54(59(55)61)50-20-9-8-18-47(50)43-28-32-45(33-29-43)63(60-48-19-7-6-17-42(48)30-35-49(60)41-15-4-3-5-16-41)46-34-36-53-51-21-11-13-26-57(51)62(58(53)38-46)39-40-27-31-44(62)37-40/h3-26,28-30,32-36,38,40,44H,27,31,37,39H2,1-2H3. The van der Waals surface area contributed by atoms with Crippen molar-refractivity contribution >= 4 is 27.8 Å². The molecule has 2 bridgehead atoms. The topological polar surface area (TPSA) is 3.24 Å². The van der Waals surface area contributed by atoms with E-state index in [0.717, 1.165) is 11.6 Å². The maximum absolute atomic E-state index is 2.60. The summed E-state index contributed by atoms with van der Waals surface area (Å²) in [6.07, 6.45) is 5.31. The van der Waals surface area contributed by atoms with E-state index in [0.29, 0.717) is 5.92 Å². The first kappa shape index (κ1) is 36.7. The summed E-state index contributed by atoms with van der Waals surface area (Å²) in [7, 11) is 0. The minimum atomic E-state index is -0.108. The predicted octanol–water partition coefficient (Wildman–Crippen LogP) is 16.7. The highest BCUT2D eigenvalue weighted by Gasteiger charge is 2.56. The number of benzene rings is 9. The summed E-state index contributed by atoms with van der Waals surface area (Å²) in [5.74, 6) is 1.50. The molecule has 3 atom stereocenters. The van der Waals surface area contributed by atoms with Crippen LogP contribution in [0.3, 0.4) is 0 Å². The highest BCUT2D eigenvalue weighted by Crippen LogP contribution is 2.66. The lowest BCUT2D eigenvalue weighted by Gasteiger charge is -2.37. The van der Waals surface area contributed by atoms with Crippen LogP contribution in [0.2, 0.25) is 0 Å². The molecule has 2 fully saturated rings. The van der Waals surface area contributed by atoms with Gasteiger partial charge in [-0.1, -0.05) is 196 Å². The molecule has 9 aromatic carbocycles. The average Bonchev–Trinajstić information content (AvgIpc) is 4.09. The Morgan fingerprint density at radius 2 is 1.02 bits per heavy atom. The van der Waals surface area contributed by atoms with E-state index in [1.807, 2.05) is 0 Å². The molecular formula is C62H49N. The normalized spacial score (nSPS) is 19.5. The van der Waals surface area contributed by atoms with Gasteiger partial charge in [-0.25, -0.2) is 0 Å². The summed E-state index contributed by atoms with van der Waals surface area (Å²) in [5, 5.41) is 2.48. The Morgan fingerprint density at radius 1 is 0.429 bits per heavy atom. The Morgan fingerprint density at radius 3 is 1.78 bits per heavy atom. The van der Waals surface area contributed by atoms with Crippen LogP contribution in [0.5, 0.6) is 0 Å². The summed E-state index contributed by atoms with van der Waals surface area (Å²) in [6, 6.07) is 75.7. The monoisotopic (exact) mass is 807 g/mol. The molecule has 9 aromatic rings. The van der Waals surface area contributed by atoms with Crippen LogP contribution in [-0.4, -0.2) is 0 Å². The fraction of sp³-hybridized carbons (Fsp3) is 0.161. The third-order valence-corrected chi connectivity index (χ3v) is 15.7. The number of anilines is 3. The Labute approximate surface area is 371 Å². The zero-order valence-corrected chi connectivity index (χ0v) is 36.0. The second-order valence-corrected chi connectivity index (χ2v) is 19.2. The summed E-state index contributed by atoms with van der Waals surface area (Å²) in [5.41, 5.74) is 22.5. The van der Waals surface area contributed by atoms with Gasteiger partial charge in [-0.2, -0.15) is 0 Å². The second kappa shape index (κ2) is 13.8. The van der Waals surface area contributed by atoms with Crippen LogP contribution in [0, 0.1) is 11.8 Å². The van der Waals surface area contributed by atoms with Crippen LogP contribution in [0.25, 0.3) is 66.4 Å². The molecule has 0 radical (unpaired) electrons. The maximum atomic E-state index is 2.60. The van der Waals surface area contributed by atoms with E-state index in [1.54, 1.807) is 5.56 Å². The first-order valence-corrected chi connectivity index (χ1v) is 23.0. The molecule has 13 rings (SSSR count). The first-order chi connectivity index (χ1) is 31.0. The van der Waals surface area contributed by atoms with Gasteiger partial charge in [0.2, 0.25) is 0 Å². The van der Waals surface area contributed by atoms with E-state index in [1.165, 1.54) is 120 Å². The Balaban J connectivity index is 1.00. The lowest BCUT2D eigenvalue weighted by atomic mass is 9.67. The molecule has 3 unspecified atom stereocenters. The van der Waals surface area contributed by atoms with Crippen molar-refractivity contribution in [3.8, 4) is 55.6 Å². The minimum Gasteiger partial charge on any atom is -0.309 e. The number of hydrogen-bond acceptors (Lipinski definition) is 1. The molecule has 1 heteroatoms. The molecule has 4 aliphatic carbocycles. The minimum absolute atomic E-state index is 0.0820. The van der Waals surface area contributed by atoms with Gasteiger partial charge >= 0.3 is 0 Å². The lowest BCUT2D eigenvalue weighted by molar-refractivity contribution is 0.327. The molecule has 0 amide bonds. The SMILES string of the molecule is CC1(C)c2ccccc2-c2cccc(-c3ccccc3-c3ccc(N(c4ccc5c(c4)C4(CC6CCC4C6)c4ccccc4-5)c4c(-c5ccccc5)ccc5ccccc45)cc3)c21. The third kappa shape index (κ3) is 5.29. The van der Waals surface area contributed by atoms with Crippen LogP contribution in [-0.2, 0) is 10.8 Å². The molecular weight excluding hydrogens is 759 g/mol. The van der Waals surface area contributed by atoms with Crippen LogP contribution in [0.15, 0.2) is 200 Å². The van der Waals surface area contributed by atoms with Gasteiger partial charge in [0.1, 0.15) is 0 Å². The fourth-order valence-corrected chi connectivity index (χ4v) is 13.1. The molecule has 302 valence electrons. The van der Waals surface area contributed by atoms with Gasteiger partial charge in [0, 0.05) is 33.2 Å². The highest BCUT2D eigenvalue weighted by atomic mass is 15.1. The van der Waals surface area contributed by atoms with Crippen molar-refractivity contribution in [1.29, 1.82) is 0 Å². The molecule has 1 nitrogen and oxygen atoms in total. The zero-order chi connectivity index (χ0) is 41.9. The van der Waals surface area contributed by atoms with Crippen LogP contribution in [0.1, 0.15) is 61.8 Å². The van der Waals surface area contributed by atoms with E-state index in [-0.39, 0.29) is 10.8 Å². The first-order valence-electron chi connectivity index (χ1n) is 23.0. The molecule has 0 aliphatic heterocycles. The van der Waals surface area contributed by atoms with Gasteiger partial charge in [-0.15, -0.1) is 0 Å². The number of rotatable bonds is 6. The summed E-state index contributed by atoms with van der Waals surface area (Å²) in [6.45, 7) is 4.78. The number of nitrogens with zero attached hydrogens (tertiary/aromatic N) is 1. The van der Waals surface area contributed by atoms with E-state index in [4.69, 9.17) is 0 Å². The van der Waals surface area contributed by atoms with Crippen molar-refractivity contribution in [2.45, 2.75) is 50.4 Å². The van der Waals surface area contributed by atoms with E-state index >= 15 is 0 Å². The van der Waals surface area contributed by atoms with Gasteiger partial charge in [0.15, 0.2) is 0 Å². The Hall–Kier alpha value is -6.96. The van der Waals surface area contributed by atoms with Crippen molar-refractivity contribution in [2.24, 2.45) is 11.8 Å². The van der Waals surface area contributed by atoms with Gasteiger partial charge in [0.25, 0.3) is 0 Å². The predicted molar refractivity (Wildman–Crippen MR) is 264 cm³/mol. The van der Waals surface area contributed by atoms with E-state index < -0.39 is 0 Å². The number of hydrogen-bond donors (Lipinski definition) is 0. The summed E-state index contributed by atoms with van der Waals surface area (Å²) in [4.78, 5) is 2.58. The Kier molecular flexibility index (Phi) is 8.02. The van der Waals surface area contributed by atoms with Crippen LogP contribution >= 0.6 is 0 Å². The molecule has 2 saturated carbocycles. The third-order valence-electron chi connectivity index (χ3n) is 15.7. The van der Waals surface area contributed by atoms with Crippen molar-refractivity contribution in [3.63, 3.8) is 0 Å². The summed E-state index contributed by atoms with van der Waals surface area (Å²) < 4.78 is 0. The molecule has 4 aliphatic rings. The van der Waals surface area contributed by atoms with Crippen molar-refractivity contribution in [2.75, 3.05) is 4.90 Å². The molecule has 0 saturated heterocycles. The largest absolute Gasteiger partial charge is 0.309 e. The van der Waals surface area contributed by atoms with Gasteiger partial charge in [0.05, 0.1) is 5.69 Å². The molecule has 0 aromatic heterocycles. The number of fused-ring (bicyclic) bond motifs is 12.